The molecule has 26 heavy (non-hydrogen) atoms. The molecule has 1 aromatic heterocycles. The first kappa shape index (κ1) is 17.2. The predicted octanol–water partition coefficient (Wildman–Crippen LogP) is 2.99. The molecule has 0 fully saturated rings. The lowest BCUT2D eigenvalue weighted by atomic mass is 10.2. The summed E-state index contributed by atoms with van der Waals surface area (Å²) in [5.41, 5.74) is 2.41. The molecule has 2 amide bonds. The number of carbonyl (C=O) groups is 2. The smallest absolute Gasteiger partial charge is 0.272 e. The van der Waals surface area contributed by atoms with Crippen molar-refractivity contribution in [1.29, 1.82) is 0 Å². The SMILES string of the molecule is CC(=O)N/C(=C/c1ccccc1)C(=O)Nc1cccc(-n2cccn2)c1. The number of nitrogens with one attached hydrogen (secondary N) is 2. The summed E-state index contributed by atoms with van der Waals surface area (Å²) in [6.07, 6.45) is 5.13. The Kier molecular flexibility index (Phi) is 5.24. The maximum atomic E-state index is 12.6. The summed E-state index contributed by atoms with van der Waals surface area (Å²) in [6.45, 7) is 1.37. The minimum atomic E-state index is -0.401. The van der Waals surface area contributed by atoms with E-state index >= 15 is 0 Å². The number of carbonyl (C=O) groups excluding carboxylic acids is 2. The third-order valence-corrected chi connectivity index (χ3v) is 3.54. The first-order chi connectivity index (χ1) is 12.6. The van der Waals surface area contributed by atoms with Crippen LogP contribution in [0.4, 0.5) is 5.69 Å². The molecule has 0 saturated carbocycles. The Balaban J connectivity index is 1.83. The van der Waals surface area contributed by atoms with Gasteiger partial charge in [0.15, 0.2) is 0 Å². The monoisotopic (exact) mass is 346 g/mol. The Morgan fingerprint density at radius 3 is 2.54 bits per heavy atom. The number of anilines is 1. The number of aromatic nitrogens is 2. The summed E-state index contributed by atoms with van der Waals surface area (Å²) in [7, 11) is 0. The van der Waals surface area contributed by atoms with Crippen molar-refractivity contribution in [3.8, 4) is 5.69 Å². The normalized spacial score (nSPS) is 11.0. The zero-order valence-electron chi connectivity index (χ0n) is 14.2. The van der Waals surface area contributed by atoms with Gasteiger partial charge < -0.3 is 10.6 Å². The lowest BCUT2D eigenvalue weighted by Gasteiger charge is -2.11. The minimum Gasteiger partial charge on any atom is -0.322 e. The molecular weight excluding hydrogens is 328 g/mol. The largest absolute Gasteiger partial charge is 0.322 e. The van der Waals surface area contributed by atoms with E-state index in [1.807, 2.05) is 54.7 Å². The minimum absolute atomic E-state index is 0.174. The van der Waals surface area contributed by atoms with Crippen LogP contribution in [0.5, 0.6) is 0 Å². The third kappa shape index (κ3) is 4.45. The number of hydrogen-bond donors (Lipinski definition) is 2. The highest BCUT2D eigenvalue weighted by molar-refractivity contribution is 6.08. The van der Waals surface area contributed by atoms with Crippen molar-refractivity contribution in [1.82, 2.24) is 15.1 Å². The molecule has 0 unspecified atom stereocenters. The molecule has 2 aromatic carbocycles. The highest BCUT2D eigenvalue weighted by Crippen LogP contribution is 2.15. The van der Waals surface area contributed by atoms with Crippen LogP contribution in [0.15, 0.2) is 78.8 Å². The van der Waals surface area contributed by atoms with Gasteiger partial charge in [-0.15, -0.1) is 0 Å². The van der Waals surface area contributed by atoms with Crippen LogP contribution in [0, 0.1) is 0 Å². The summed E-state index contributed by atoms with van der Waals surface area (Å²) < 4.78 is 1.70. The van der Waals surface area contributed by atoms with Crippen molar-refractivity contribution < 1.29 is 9.59 Å². The fourth-order valence-corrected chi connectivity index (χ4v) is 2.41. The van der Waals surface area contributed by atoms with Gasteiger partial charge in [-0.25, -0.2) is 4.68 Å². The van der Waals surface area contributed by atoms with Gasteiger partial charge in [-0.1, -0.05) is 36.4 Å². The topological polar surface area (TPSA) is 76.0 Å². The van der Waals surface area contributed by atoms with Crippen LogP contribution >= 0.6 is 0 Å². The molecule has 0 atom stereocenters. The lowest BCUT2D eigenvalue weighted by Crippen LogP contribution is -2.29. The number of benzene rings is 2. The standard InChI is InChI=1S/C20H18N4O2/c1-15(25)22-19(13-16-7-3-2-4-8-16)20(26)23-17-9-5-10-18(14-17)24-12-6-11-21-24/h2-14H,1H3,(H,22,25)(H,23,26)/b19-13+. The van der Waals surface area contributed by atoms with Gasteiger partial charge in [0.2, 0.25) is 5.91 Å². The number of rotatable bonds is 5. The fourth-order valence-electron chi connectivity index (χ4n) is 2.41. The quantitative estimate of drug-likeness (QED) is 0.697. The van der Waals surface area contributed by atoms with Gasteiger partial charge in [-0.05, 0) is 35.9 Å². The molecular formula is C20H18N4O2. The van der Waals surface area contributed by atoms with Gasteiger partial charge in [-0.2, -0.15) is 5.10 Å². The molecule has 3 rings (SSSR count). The number of hydrogen-bond acceptors (Lipinski definition) is 3. The highest BCUT2D eigenvalue weighted by Gasteiger charge is 2.12. The van der Waals surface area contributed by atoms with Gasteiger partial charge >= 0.3 is 0 Å². The predicted molar refractivity (Wildman–Crippen MR) is 100 cm³/mol. The molecule has 1 heterocycles. The van der Waals surface area contributed by atoms with Crippen LogP contribution in [0.2, 0.25) is 0 Å². The Bertz CT molecular complexity index is 931. The van der Waals surface area contributed by atoms with Gasteiger partial charge in [0, 0.05) is 25.0 Å². The van der Waals surface area contributed by atoms with E-state index in [0.717, 1.165) is 11.3 Å². The average Bonchev–Trinajstić information content (AvgIpc) is 3.17. The Labute approximate surface area is 151 Å². The van der Waals surface area contributed by atoms with Gasteiger partial charge in [-0.3, -0.25) is 9.59 Å². The second-order valence-electron chi connectivity index (χ2n) is 5.60. The van der Waals surface area contributed by atoms with Crippen molar-refractivity contribution in [3.05, 3.63) is 84.3 Å². The molecule has 0 bridgehead atoms. The van der Waals surface area contributed by atoms with Gasteiger partial charge in [0.05, 0.1) is 5.69 Å². The van der Waals surface area contributed by atoms with E-state index in [4.69, 9.17) is 0 Å². The highest BCUT2D eigenvalue weighted by atomic mass is 16.2. The Hall–Kier alpha value is -3.67. The van der Waals surface area contributed by atoms with E-state index in [2.05, 4.69) is 15.7 Å². The molecule has 0 aliphatic rings. The summed E-state index contributed by atoms with van der Waals surface area (Å²) in [5, 5.41) is 9.56. The summed E-state index contributed by atoms with van der Waals surface area (Å²) in [4.78, 5) is 24.1. The molecule has 0 aliphatic heterocycles. The van der Waals surface area contributed by atoms with Crippen molar-refractivity contribution in [3.63, 3.8) is 0 Å². The lowest BCUT2D eigenvalue weighted by molar-refractivity contribution is -0.120. The van der Waals surface area contributed by atoms with Gasteiger partial charge in [0.1, 0.15) is 5.70 Å². The van der Waals surface area contributed by atoms with E-state index in [1.165, 1.54) is 6.92 Å². The van der Waals surface area contributed by atoms with Crippen LogP contribution in [0.1, 0.15) is 12.5 Å². The fraction of sp³-hybridized carbons (Fsp3) is 0.0500. The van der Waals surface area contributed by atoms with Crippen molar-refractivity contribution in [2.24, 2.45) is 0 Å². The Morgan fingerprint density at radius 1 is 1.04 bits per heavy atom. The van der Waals surface area contributed by atoms with Crippen molar-refractivity contribution in [2.45, 2.75) is 6.92 Å². The summed E-state index contributed by atoms with van der Waals surface area (Å²) in [6, 6.07) is 18.4. The third-order valence-electron chi connectivity index (χ3n) is 3.54. The maximum absolute atomic E-state index is 12.6. The van der Waals surface area contributed by atoms with Crippen LogP contribution in [0.25, 0.3) is 11.8 Å². The summed E-state index contributed by atoms with van der Waals surface area (Å²) >= 11 is 0. The van der Waals surface area contributed by atoms with Crippen LogP contribution < -0.4 is 10.6 Å². The van der Waals surface area contributed by atoms with Gasteiger partial charge in [0.25, 0.3) is 5.91 Å². The number of amides is 2. The molecule has 0 radical (unpaired) electrons. The Morgan fingerprint density at radius 2 is 1.85 bits per heavy atom. The second kappa shape index (κ2) is 7.94. The van der Waals surface area contributed by atoms with Crippen molar-refractivity contribution >= 4 is 23.6 Å². The van der Waals surface area contributed by atoms with Crippen LogP contribution in [0.3, 0.4) is 0 Å². The summed E-state index contributed by atoms with van der Waals surface area (Å²) in [5.74, 6) is -0.714. The zero-order valence-corrected chi connectivity index (χ0v) is 14.2. The van der Waals surface area contributed by atoms with E-state index in [-0.39, 0.29) is 11.6 Å². The molecule has 0 spiro atoms. The molecule has 0 saturated heterocycles. The zero-order chi connectivity index (χ0) is 18.4. The molecule has 130 valence electrons. The maximum Gasteiger partial charge on any atom is 0.272 e. The first-order valence-corrected chi connectivity index (χ1v) is 8.07. The molecule has 6 nitrogen and oxygen atoms in total. The van der Waals surface area contributed by atoms with E-state index in [0.29, 0.717) is 5.69 Å². The van der Waals surface area contributed by atoms with E-state index in [1.54, 1.807) is 29.1 Å². The van der Waals surface area contributed by atoms with E-state index < -0.39 is 5.91 Å². The van der Waals surface area contributed by atoms with Crippen molar-refractivity contribution in [2.75, 3.05) is 5.32 Å². The molecule has 3 aromatic rings. The molecule has 0 aliphatic carbocycles. The van der Waals surface area contributed by atoms with Crippen LogP contribution in [-0.2, 0) is 9.59 Å². The molecule has 6 heteroatoms. The molecule has 2 N–H and O–H groups in total. The average molecular weight is 346 g/mol. The van der Waals surface area contributed by atoms with E-state index in [9.17, 15) is 9.59 Å². The second-order valence-corrected chi connectivity index (χ2v) is 5.60. The first-order valence-electron chi connectivity index (χ1n) is 8.07. The number of nitrogens with zero attached hydrogens (tertiary/aromatic N) is 2. The van der Waals surface area contributed by atoms with Crippen LogP contribution in [-0.4, -0.2) is 21.6 Å².